The van der Waals surface area contributed by atoms with Crippen molar-refractivity contribution < 1.29 is 24.4 Å². The first-order chi connectivity index (χ1) is 14.2. The van der Waals surface area contributed by atoms with Crippen molar-refractivity contribution in [3.63, 3.8) is 0 Å². The number of aromatic carboxylic acids is 1. The van der Waals surface area contributed by atoms with Gasteiger partial charge in [0, 0.05) is 18.3 Å². The number of benzene rings is 2. The number of nitro benzene ring substituents is 1. The minimum Gasteiger partial charge on any atom is -0.476 e. The Hall–Kier alpha value is -4.21. The molecule has 0 aliphatic rings. The Labute approximate surface area is 170 Å². The molecule has 2 N–H and O–H groups in total. The monoisotopic (exact) mass is 410 g/mol. The Kier molecular flexibility index (Phi) is 5.77. The Morgan fingerprint density at radius 3 is 2.60 bits per heavy atom. The van der Waals surface area contributed by atoms with Crippen LogP contribution in [0.5, 0.6) is 11.5 Å². The van der Waals surface area contributed by atoms with E-state index in [9.17, 15) is 19.7 Å². The van der Waals surface area contributed by atoms with Crippen molar-refractivity contribution in [2.24, 2.45) is 0 Å². The van der Waals surface area contributed by atoms with Crippen LogP contribution in [0.15, 0.2) is 54.7 Å². The Balaban J connectivity index is 1.83. The summed E-state index contributed by atoms with van der Waals surface area (Å²) in [5.74, 6) is -1.06. The van der Waals surface area contributed by atoms with E-state index in [2.05, 4.69) is 10.4 Å². The van der Waals surface area contributed by atoms with E-state index in [1.165, 1.54) is 42.1 Å². The lowest BCUT2D eigenvalue weighted by Crippen LogP contribution is -2.24. The third-order valence-corrected chi connectivity index (χ3v) is 4.20. The van der Waals surface area contributed by atoms with E-state index in [0.29, 0.717) is 5.75 Å². The second-order valence-corrected chi connectivity index (χ2v) is 6.54. The summed E-state index contributed by atoms with van der Waals surface area (Å²) in [5.41, 5.74) is 0.670. The molecule has 1 heterocycles. The molecule has 2 aromatic carbocycles. The van der Waals surface area contributed by atoms with E-state index in [1.54, 1.807) is 18.2 Å². The summed E-state index contributed by atoms with van der Waals surface area (Å²) in [4.78, 5) is 34.2. The molecular weight excluding hydrogens is 392 g/mol. The molecule has 0 aliphatic carbocycles. The van der Waals surface area contributed by atoms with Crippen molar-refractivity contribution in [1.82, 2.24) is 9.78 Å². The summed E-state index contributed by atoms with van der Waals surface area (Å²) in [6.07, 6.45) is 1.37. The van der Waals surface area contributed by atoms with Gasteiger partial charge in [0.2, 0.25) is 5.91 Å². The molecule has 3 aromatic rings. The van der Waals surface area contributed by atoms with Crippen LogP contribution in [0.1, 0.15) is 29.0 Å². The van der Waals surface area contributed by atoms with Crippen LogP contribution in [0.4, 0.5) is 11.4 Å². The summed E-state index contributed by atoms with van der Waals surface area (Å²) in [5, 5.41) is 26.6. The van der Waals surface area contributed by atoms with Gasteiger partial charge < -0.3 is 15.2 Å². The molecule has 0 saturated carbocycles. The van der Waals surface area contributed by atoms with Crippen molar-refractivity contribution in [1.29, 1.82) is 0 Å². The molecule has 10 heteroatoms. The van der Waals surface area contributed by atoms with Gasteiger partial charge in [-0.05, 0) is 37.6 Å². The van der Waals surface area contributed by atoms with Crippen LogP contribution in [0.3, 0.4) is 0 Å². The highest BCUT2D eigenvalue weighted by Crippen LogP contribution is 2.30. The maximum Gasteiger partial charge on any atom is 0.356 e. The van der Waals surface area contributed by atoms with E-state index in [-0.39, 0.29) is 22.8 Å². The van der Waals surface area contributed by atoms with Gasteiger partial charge in [0.25, 0.3) is 5.69 Å². The highest BCUT2D eigenvalue weighted by molar-refractivity contribution is 5.94. The summed E-state index contributed by atoms with van der Waals surface area (Å²) < 4.78 is 6.90. The smallest absolute Gasteiger partial charge is 0.356 e. The first-order valence-corrected chi connectivity index (χ1v) is 8.86. The molecule has 0 spiro atoms. The van der Waals surface area contributed by atoms with Gasteiger partial charge >= 0.3 is 5.97 Å². The first kappa shape index (κ1) is 20.5. The van der Waals surface area contributed by atoms with E-state index >= 15 is 0 Å². The van der Waals surface area contributed by atoms with Gasteiger partial charge in [-0.15, -0.1) is 0 Å². The van der Waals surface area contributed by atoms with Crippen LogP contribution in [0.2, 0.25) is 0 Å². The lowest BCUT2D eigenvalue weighted by atomic mass is 10.2. The lowest BCUT2D eigenvalue weighted by Gasteiger charge is -2.14. The summed E-state index contributed by atoms with van der Waals surface area (Å²) >= 11 is 0. The summed E-state index contributed by atoms with van der Waals surface area (Å²) in [6, 6.07) is 11.5. The summed E-state index contributed by atoms with van der Waals surface area (Å²) in [6.45, 7) is 3.41. The molecular formula is C20H18N4O6. The van der Waals surface area contributed by atoms with Crippen LogP contribution in [-0.4, -0.2) is 31.7 Å². The van der Waals surface area contributed by atoms with Gasteiger partial charge in [-0.1, -0.05) is 12.1 Å². The van der Waals surface area contributed by atoms with Crippen molar-refractivity contribution >= 4 is 23.3 Å². The number of ether oxygens (including phenoxy) is 1. The number of nitrogens with one attached hydrogen (secondary N) is 1. The number of anilines is 1. The Morgan fingerprint density at radius 1 is 1.20 bits per heavy atom. The van der Waals surface area contributed by atoms with E-state index in [1.807, 2.05) is 13.0 Å². The van der Waals surface area contributed by atoms with Gasteiger partial charge in [0.05, 0.1) is 16.7 Å². The number of carbonyl (C=O) groups excluding carboxylic acids is 1. The van der Waals surface area contributed by atoms with Gasteiger partial charge in [0.1, 0.15) is 17.5 Å². The van der Waals surface area contributed by atoms with Crippen molar-refractivity contribution in [2.75, 3.05) is 5.32 Å². The third kappa shape index (κ3) is 4.79. The molecule has 0 bridgehead atoms. The number of aryl methyl sites for hydroxylation is 1. The average molecular weight is 410 g/mol. The molecule has 0 radical (unpaired) electrons. The predicted octanol–water partition coefficient (Wildman–Crippen LogP) is 3.79. The van der Waals surface area contributed by atoms with Gasteiger partial charge in [-0.2, -0.15) is 5.10 Å². The number of non-ortho nitro benzene ring substituents is 1. The number of hydrogen-bond donors (Lipinski definition) is 2. The molecule has 1 atom stereocenters. The molecule has 1 unspecified atom stereocenters. The average Bonchev–Trinajstić information content (AvgIpc) is 3.17. The van der Waals surface area contributed by atoms with Crippen LogP contribution >= 0.6 is 0 Å². The Bertz CT molecular complexity index is 1120. The lowest BCUT2D eigenvalue weighted by molar-refractivity contribution is -0.384. The maximum absolute atomic E-state index is 12.6. The number of amides is 1. The normalized spacial score (nSPS) is 11.5. The second-order valence-electron chi connectivity index (χ2n) is 6.54. The zero-order chi connectivity index (χ0) is 21.8. The van der Waals surface area contributed by atoms with Crippen molar-refractivity contribution in [3.8, 4) is 11.5 Å². The fraction of sp³-hybridized carbons (Fsp3) is 0.150. The van der Waals surface area contributed by atoms with E-state index < -0.39 is 22.8 Å². The minimum atomic E-state index is -1.21. The molecule has 3 rings (SSSR count). The van der Waals surface area contributed by atoms with Crippen LogP contribution in [0.25, 0.3) is 0 Å². The first-order valence-electron chi connectivity index (χ1n) is 8.86. The van der Waals surface area contributed by atoms with Gasteiger partial charge in [-0.25, -0.2) is 4.79 Å². The number of aromatic nitrogens is 2. The molecule has 0 aliphatic heterocycles. The molecule has 154 valence electrons. The van der Waals surface area contributed by atoms with E-state index in [0.717, 1.165) is 5.56 Å². The molecule has 0 fully saturated rings. The van der Waals surface area contributed by atoms with Gasteiger partial charge in [-0.3, -0.25) is 19.6 Å². The SMILES string of the molecule is Cc1cccc(Oc2cc(NC(=O)C(C)n3ccc(C(=O)O)n3)cc([N+](=O)[O-])c2)c1. The highest BCUT2D eigenvalue weighted by atomic mass is 16.6. The minimum absolute atomic E-state index is 0.161. The Morgan fingerprint density at radius 2 is 1.97 bits per heavy atom. The fourth-order valence-corrected chi connectivity index (χ4v) is 2.67. The van der Waals surface area contributed by atoms with E-state index in [4.69, 9.17) is 9.84 Å². The number of nitrogens with zero attached hydrogens (tertiary/aromatic N) is 3. The zero-order valence-corrected chi connectivity index (χ0v) is 16.1. The zero-order valence-electron chi connectivity index (χ0n) is 16.1. The quantitative estimate of drug-likeness (QED) is 0.446. The van der Waals surface area contributed by atoms with Crippen molar-refractivity contribution in [3.05, 3.63) is 76.1 Å². The molecule has 10 nitrogen and oxygen atoms in total. The largest absolute Gasteiger partial charge is 0.476 e. The molecule has 30 heavy (non-hydrogen) atoms. The molecule has 1 amide bonds. The number of nitro groups is 1. The van der Waals surface area contributed by atoms with Crippen LogP contribution in [0, 0.1) is 17.0 Å². The number of carboxylic acids is 1. The number of carbonyl (C=O) groups is 2. The molecule has 0 saturated heterocycles. The highest BCUT2D eigenvalue weighted by Gasteiger charge is 2.20. The third-order valence-electron chi connectivity index (χ3n) is 4.20. The summed E-state index contributed by atoms with van der Waals surface area (Å²) in [7, 11) is 0. The number of hydrogen-bond acceptors (Lipinski definition) is 6. The number of carboxylic acid groups (broad SMARTS) is 1. The van der Waals surface area contributed by atoms with Gasteiger partial charge in [0.15, 0.2) is 5.69 Å². The van der Waals surface area contributed by atoms with Crippen LogP contribution < -0.4 is 10.1 Å². The van der Waals surface area contributed by atoms with Crippen molar-refractivity contribution in [2.45, 2.75) is 19.9 Å². The van der Waals surface area contributed by atoms with Crippen LogP contribution in [-0.2, 0) is 4.79 Å². The topological polar surface area (TPSA) is 137 Å². The molecule has 1 aromatic heterocycles. The fourth-order valence-electron chi connectivity index (χ4n) is 2.67. The predicted molar refractivity (Wildman–Crippen MR) is 107 cm³/mol. The maximum atomic E-state index is 12.6. The second kappa shape index (κ2) is 8.43. The number of rotatable bonds is 7. The standard InChI is InChI=1S/C20H18N4O6/c1-12-4-3-5-16(8-12)30-17-10-14(9-15(11-17)24(28)29)21-19(25)13(2)23-7-6-18(22-23)20(26)27/h3-11,13H,1-2H3,(H,21,25)(H,26,27).